The highest BCUT2D eigenvalue weighted by Crippen LogP contribution is 2.45. The van der Waals surface area contributed by atoms with Gasteiger partial charge >= 0.3 is 0 Å². The molecule has 1 heterocycles. The molecule has 0 radical (unpaired) electrons. The Morgan fingerprint density at radius 3 is 2.74 bits per heavy atom. The quantitative estimate of drug-likeness (QED) is 0.880. The van der Waals surface area contributed by atoms with Crippen LogP contribution in [0, 0.1) is 17.8 Å². The predicted octanol–water partition coefficient (Wildman–Crippen LogP) is 2.77. The van der Waals surface area contributed by atoms with E-state index in [1.165, 1.54) is 0 Å². The molecule has 0 saturated heterocycles. The van der Waals surface area contributed by atoms with E-state index in [1.807, 2.05) is 13.0 Å². The first-order chi connectivity index (χ1) is 8.78. The van der Waals surface area contributed by atoms with Crippen molar-refractivity contribution in [3.63, 3.8) is 0 Å². The molecule has 1 aliphatic carbocycles. The van der Waals surface area contributed by atoms with E-state index in [1.54, 1.807) is 6.20 Å². The average Bonchev–Trinajstić information content (AvgIpc) is 2.23. The first-order valence-electron chi connectivity index (χ1n) is 7.00. The number of hydrogen-bond donors (Lipinski definition) is 2. The summed E-state index contributed by atoms with van der Waals surface area (Å²) in [5.41, 5.74) is 1.25. The Balaban J connectivity index is 2.01. The molecule has 1 aliphatic rings. The smallest absolute Gasteiger partial charge is 0.222 e. The molecule has 2 rings (SSSR count). The van der Waals surface area contributed by atoms with Gasteiger partial charge in [-0.15, -0.1) is 0 Å². The Labute approximate surface area is 115 Å². The van der Waals surface area contributed by atoms with Gasteiger partial charge < -0.3 is 10.4 Å². The van der Waals surface area contributed by atoms with Gasteiger partial charge in [-0.2, -0.15) is 0 Å². The highest BCUT2D eigenvalue weighted by Gasteiger charge is 2.40. The molecule has 1 fully saturated rings. The van der Waals surface area contributed by atoms with Crippen molar-refractivity contribution in [2.45, 2.75) is 53.1 Å². The SMILES string of the molecule is Cc1ccnc(NCC2(C)CC(O)CC(C)(C)C2)n1. The first kappa shape index (κ1) is 14.3. The van der Waals surface area contributed by atoms with Gasteiger partial charge in [-0.1, -0.05) is 20.8 Å². The third-order valence-corrected chi connectivity index (χ3v) is 3.89. The molecule has 0 aliphatic heterocycles. The summed E-state index contributed by atoms with van der Waals surface area (Å²) in [6, 6.07) is 1.89. The molecule has 4 heteroatoms. The Morgan fingerprint density at radius 2 is 2.11 bits per heavy atom. The minimum atomic E-state index is -0.200. The molecule has 0 bridgehead atoms. The van der Waals surface area contributed by atoms with Gasteiger partial charge in [0.2, 0.25) is 5.95 Å². The molecule has 2 atom stereocenters. The van der Waals surface area contributed by atoms with Gasteiger partial charge in [0.05, 0.1) is 6.10 Å². The lowest BCUT2D eigenvalue weighted by Gasteiger charge is -2.45. The lowest BCUT2D eigenvalue weighted by Crippen LogP contribution is -2.42. The molecule has 4 nitrogen and oxygen atoms in total. The summed E-state index contributed by atoms with van der Waals surface area (Å²) in [6.07, 6.45) is 4.41. The summed E-state index contributed by atoms with van der Waals surface area (Å²) < 4.78 is 0. The largest absolute Gasteiger partial charge is 0.393 e. The molecule has 1 aromatic rings. The van der Waals surface area contributed by atoms with Gasteiger partial charge in [0.15, 0.2) is 0 Å². The van der Waals surface area contributed by atoms with Crippen LogP contribution in [-0.4, -0.2) is 27.7 Å². The van der Waals surface area contributed by atoms with E-state index in [2.05, 4.69) is 36.1 Å². The van der Waals surface area contributed by atoms with Crippen molar-refractivity contribution in [2.75, 3.05) is 11.9 Å². The zero-order chi connectivity index (χ0) is 14.1. The fourth-order valence-electron chi connectivity index (χ4n) is 3.54. The Kier molecular flexibility index (Phi) is 3.81. The van der Waals surface area contributed by atoms with Crippen LogP contribution in [0.1, 0.15) is 45.7 Å². The first-order valence-corrected chi connectivity index (χ1v) is 7.00. The highest BCUT2D eigenvalue weighted by atomic mass is 16.3. The van der Waals surface area contributed by atoms with Gasteiger partial charge in [-0.3, -0.25) is 0 Å². The molecule has 1 aromatic heterocycles. The van der Waals surface area contributed by atoms with Crippen molar-refractivity contribution in [1.29, 1.82) is 0 Å². The van der Waals surface area contributed by atoms with Crippen LogP contribution >= 0.6 is 0 Å². The Morgan fingerprint density at radius 1 is 1.37 bits per heavy atom. The van der Waals surface area contributed by atoms with Crippen LogP contribution in [0.3, 0.4) is 0 Å². The number of aromatic nitrogens is 2. The number of aryl methyl sites for hydroxylation is 1. The fraction of sp³-hybridized carbons (Fsp3) is 0.733. The molecular formula is C15H25N3O. The molecule has 106 valence electrons. The zero-order valence-electron chi connectivity index (χ0n) is 12.4. The molecule has 2 N–H and O–H groups in total. The van der Waals surface area contributed by atoms with Crippen LogP contribution in [-0.2, 0) is 0 Å². The van der Waals surface area contributed by atoms with E-state index in [9.17, 15) is 5.11 Å². The van der Waals surface area contributed by atoms with Crippen LogP contribution in [0.4, 0.5) is 5.95 Å². The Bertz CT molecular complexity index is 447. The topological polar surface area (TPSA) is 58.0 Å². The summed E-state index contributed by atoms with van der Waals surface area (Å²) >= 11 is 0. The van der Waals surface area contributed by atoms with Crippen molar-refractivity contribution in [2.24, 2.45) is 10.8 Å². The lowest BCUT2D eigenvalue weighted by atomic mass is 9.63. The van der Waals surface area contributed by atoms with E-state index in [0.29, 0.717) is 5.95 Å². The second kappa shape index (κ2) is 5.08. The van der Waals surface area contributed by atoms with Gasteiger partial charge in [0.25, 0.3) is 0 Å². The summed E-state index contributed by atoms with van der Waals surface area (Å²) in [5.74, 6) is 0.680. The number of aliphatic hydroxyl groups is 1. The third-order valence-electron chi connectivity index (χ3n) is 3.89. The van der Waals surface area contributed by atoms with Crippen LogP contribution in [0.5, 0.6) is 0 Å². The number of nitrogens with zero attached hydrogens (tertiary/aromatic N) is 2. The normalized spacial score (nSPS) is 30.1. The molecular weight excluding hydrogens is 238 g/mol. The second-order valence-electron chi connectivity index (χ2n) is 7.09. The average molecular weight is 263 g/mol. The van der Waals surface area contributed by atoms with Crippen molar-refractivity contribution < 1.29 is 5.11 Å². The summed E-state index contributed by atoms with van der Waals surface area (Å²) in [7, 11) is 0. The van der Waals surface area contributed by atoms with Crippen molar-refractivity contribution >= 4 is 5.95 Å². The molecule has 0 spiro atoms. The van der Waals surface area contributed by atoms with Crippen molar-refractivity contribution in [3.8, 4) is 0 Å². The van der Waals surface area contributed by atoms with E-state index in [0.717, 1.165) is 31.5 Å². The summed E-state index contributed by atoms with van der Waals surface area (Å²) in [6.45, 7) is 9.46. The van der Waals surface area contributed by atoms with Gasteiger partial charge in [-0.05, 0) is 43.1 Å². The van der Waals surface area contributed by atoms with E-state index >= 15 is 0 Å². The monoisotopic (exact) mass is 263 g/mol. The molecule has 2 unspecified atom stereocenters. The van der Waals surface area contributed by atoms with Crippen molar-refractivity contribution in [3.05, 3.63) is 18.0 Å². The van der Waals surface area contributed by atoms with Gasteiger partial charge in [0.1, 0.15) is 0 Å². The van der Waals surface area contributed by atoms with E-state index in [4.69, 9.17) is 0 Å². The summed E-state index contributed by atoms with van der Waals surface area (Å²) in [4.78, 5) is 8.59. The summed E-state index contributed by atoms with van der Waals surface area (Å²) in [5, 5.41) is 13.4. The van der Waals surface area contributed by atoms with Crippen LogP contribution in [0.2, 0.25) is 0 Å². The number of aliphatic hydroxyl groups excluding tert-OH is 1. The van der Waals surface area contributed by atoms with E-state index < -0.39 is 0 Å². The highest BCUT2D eigenvalue weighted by molar-refractivity contribution is 5.25. The zero-order valence-corrected chi connectivity index (χ0v) is 12.4. The molecule has 19 heavy (non-hydrogen) atoms. The number of rotatable bonds is 3. The maximum absolute atomic E-state index is 10.1. The maximum Gasteiger partial charge on any atom is 0.222 e. The Hall–Kier alpha value is -1.16. The third kappa shape index (κ3) is 3.90. The van der Waals surface area contributed by atoms with Gasteiger partial charge in [0, 0.05) is 18.4 Å². The number of anilines is 1. The fourth-order valence-corrected chi connectivity index (χ4v) is 3.54. The van der Waals surface area contributed by atoms with Crippen LogP contribution in [0.15, 0.2) is 12.3 Å². The maximum atomic E-state index is 10.1. The van der Waals surface area contributed by atoms with Crippen LogP contribution in [0.25, 0.3) is 0 Å². The standard InChI is InChI=1S/C15H25N3O/c1-11-5-6-16-13(18-11)17-10-15(4)8-12(19)7-14(2,3)9-15/h5-6,12,19H,7-10H2,1-4H3,(H,16,17,18). The second-order valence-corrected chi connectivity index (χ2v) is 7.09. The van der Waals surface area contributed by atoms with Crippen molar-refractivity contribution in [1.82, 2.24) is 9.97 Å². The molecule has 1 saturated carbocycles. The van der Waals surface area contributed by atoms with Crippen LogP contribution < -0.4 is 5.32 Å². The minimum Gasteiger partial charge on any atom is -0.393 e. The minimum absolute atomic E-state index is 0.0915. The number of nitrogens with one attached hydrogen (secondary N) is 1. The van der Waals surface area contributed by atoms with Gasteiger partial charge in [-0.25, -0.2) is 9.97 Å². The van der Waals surface area contributed by atoms with E-state index in [-0.39, 0.29) is 16.9 Å². The molecule has 0 aromatic carbocycles. The molecule has 0 amide bonds. The lowest BCUT2D eigenvalue weighted by molar-refractivity contribution is -0.00324. The predicted molar refractivity (Wildman–Crippen MR) is 77.0 cm³/mol. The number of hydrogen-bond acceptors (Lipinski definition) is 4.